The minimum absolute atomic E-state index is 0.188. The smallest absolute Gasteiger partial charge is 0.236 e. The van der Waals surface area contributed by atoms with Crippen LogP contribution in [0.4, 0.5) is 0 Å². The zero-order valence-corrected chi connectivity index (χ0v) is 16.1. The topological polar surface area (TPSA) is 69.6 Å². The monoisotopic (exact) mass is 371 g/mol. The standard InChI is InChI=1S/C20H29N5O2/c1-15-21-7-6-18(22-15)17-3-2-8-23(13-17)14-19(26)24-9-11-25(12-10-24)20(27)16-4-5-16/h6-7,16-17H,2-5,8-14H2,1H3. The number of amides is 2. The summed E-state index contributed by atoms with van der Waals surface area (Å²) in [5.74, 6) is 1.93. The molecule has 0 N–H and O–H groups in total. The lowest BCUT2D eigenvalue weighted by molar-refractivity contribution is -0.141. The third kappa shape index (κ3) is 4.46. The second-order valence-electron chi connectivity index (χ2n) is 8.08. The summed E-state index contributed by atoms with van der Waals surface area (Å²) in [4.78, 5) is 39.8. The second kappa shape index (κ2) is 7.92. The van der Waals surface area contributed by atoms with E-state index in [1.807, 2.05) is 29.0 Å². The molecular weight excluding hydrogens is 342 g/mol. The van der Waals surface area contributed by atoms with Crippen LogP contribution in [0.2, 0.25) is 0 Å². The van der Waals surface area contributed by atoms with Gasteiger partial charge in [-0.25, -0.2) is 9.97 Å². The number of hydrogen-bond donors (Lipinski definition) is 0. The number of aromatic nitrogens is 2. The molecule has 1 unspecified atom stereocenters. The quantitative estimate of drug-likeness (QED) is 0.791. The third-order valence-electron chi connectivity index (χ3n) is 5.95. The molecule has 7 heteroatoms. The van der Waals surface area contributed by atoms with E-state index in [1.54, 1.807) is 0 Å². The Morgan fingerprint density at radius 2 is 1.81 bits per heavy atom. The molecule has 1 aromatic rings. The maximum Gasteiger partial charge on any atom is 0.236 e. The van der Waals surface area contributed by atoms with Crippen molar-refractivity contribution in [3.05, 3.63) is 23.8 Å². The predicted octanol–water partition coefficient (Wildman–Crippen LogP) is 1.05. The predicted molar refractivity (Wildman–Crippen MR) is 101 cm³/mol. The highest BCUT2D eigenvalue weighted by Gasteiger charge is 2.35. The van der Waals surface area contributed by atoms with E-state index >= 15 is 0 Å². The molecule has 0 aromatic carbocycles. The number of carbonyl (C=O) groups is 2. The van der Waals surface area contributed by atoms with E-state index in [0.29, 0.717) is 44.5 Å². The van der Waals surface area contributed by atoms with E-state index in [2.05, 4.69) is 14.9 Å². The van der Waals surface area contributed by atoms with Gasteiger partial charge in [-0.2, -0.15) is 0 Å². The van der Waals surface area contributed by atoms with E-state index in [-0.39, 0.29) is 11.8 Å². The Hall–Kier alpha value is -2.02. The van der Waals surface area contributed by atoms with Gasteiger partial charge in [0.1, 0.15) is 5.82 Å². The van der Waals surface area contributed by atoms with Crippen LogP contribution >= 0.6 is 0 Å². The lowest BCUT2D eigenvalue weighted by Crippen LogP contribution is -2.53. The minimum Gasteiger partial charge on any atom is -0.339 e. The number of likely N-dealkylation sites (tertiary alicyclic amines) is 1. The number of nitrogens with zero attached hydrogens (tertiary/aromatic N) is 5. The molecule has 3 heterocycles. The van der Waals surface area contributed by atoms with Crippen molar-refractivity contribution in [2.75, 3.05) is 45.8 Å². The summed E-state index contributed by atoms with van der Waals surface area (Å²) in [6, 6.07) is 2.00. The van der Waals surface area contributed by atoms with Crippen LogP contribution in [0.15, 0.2) is 12.3 Å². The molecule has 3 fully saturated rings. The van der Waals surface area contributed by atoms with Crippen molar-refractivity contribution in [3.8, 4) is 0 Å². The van der Waals surface area contributed by atoms with Gasteiger partial charge in [0.25, 0.3) is 0 Å². The number of rotatable bonds is 4. The zero-order valence-electron chi connectivity index (χ0n) is 16.1. The first-order valence-electron chi connectivity index (χ1n) is 10.2. The maximum atomic E-state index is 12.7. The highest BCUT2D eigenvalue weighted by Crippen LogP contribution is 2.31. The van der Waals surface area contributed by atoms with Gasteiger partial charge in [0, 0.05) is 56.5 Å². The van der Waals surface area contributed by atoms with Gasteiger partial charge in [0.2, 0.25) is 11.8 Å². The highest BCUT2D eigenvalue weighted by molar-refractivity contribution is 5.82. The second-order valence-corrected chi connectivity index (χ2v) is 8.08. The Kier molecular flexibility index (Phi) is 5.38. The zero-order chi connectivity index (χ0) is 18.8. The first-order valence-corrected chi connectivity index (χ1v) is 10.2. The molecule has 0 spiro atoms. The van der Waals surface area contributed by atoms with Crippen LogP contribution in [0.5, 0.6) is 0 Å². The van der Waals surface area contributed by atoms with Crippen molar-refractivity contribution in [3.63, 3.8) is 0 Å². The molecule has 7 nitrogen and oxygen atoms in total. The van der Waals surface area contributed by atoms with E-state index < -0.39 is 0 Å². The lowest BCUT2D eigenvalue weighted by Gasteiger charge is -2.37. The molecule has 2 aliphatic heterocycles. The Balaban J connectivity index is 1.27. The van der Waals surface area contributed by atoms with Gasteiger partial charge < -0.3 is 9.80 Å². The molecule has 2 amide bonds. The van der Waals surface area contributed by atoms with Crippen LogP contribution in [0.1, 0.15) is 43.1 Å². The van der Waals surface area contributed by atoms with Gasteiger partial charge in [-0.1, -0.05) is 0 Å². The summed E-state index contributed by atoms with van der Waals surface area (Å²) in [5, 5.41) is 0. The van der Waals surface area contributed by atoms with Crippen molar-refractivity contribution in [2.24, 2.45) is 5.92 Å². The molecular formula is C20H29N5O2. The van der Waals surface area contributed by atoms with Crippen LogP contribution < -0.4 is 0 Å². The van der Waals surface area contributed by atoms with Gasteiger partial charge in [-0.05, 0) is 45.2 Å². The SMILES string of the molecule is Cc1nccc(C2CCCN(CC(=O)N3CCN(C(=O)C4CC4)CC3)C2)n1. The molecule has 1 atom stereocenters. The number of hydrogen-bond acceptors (Lipinski definition) is 5. The fourth-order valence-electron chi connectivity index (χ4n) is 4.20. The first kappa shape index (κ1) is 18.3. The van der Waals surface area contributed by atoms with Crippen LogP contribution in [0.3, 0.4) is 0 Å². The number of carbonyl (C=O) groups excluding carboxylic acids is 2. The van der Waals surface area contributed by atoms with E-state index in [1.165, 1.54) is 0 Å². The minimum atomic E-state index is 0.188. The van der Waals surface area contributed by atoms with E-state index in [0.717, 1.165) is 50.3 Å². The van der Waals surface area contributed by atoms with E-state index in [4.69, 9.17) is 0 Å². The molecule has 1 aliphatic carbocycles. The van der Waals surface area contributed by atoms with Crippen LogP contribution in [-0.2, 0) is 9.59 Å². The maximum absolute atomic E-state index is 12.7. The Labute approximate surface area is 160 Å². The van der Waals surface area contributed by atoms with E-state index in [9.17, 15) is 9.59 Å². The van der Waals surface area contributed by atoms with Gasteiger partial charge in [-0.15, -0.1) is 0 Å². The number of aryl methyl sites for hydroxylation is 1. The van der Waals surface area contributed by atoms with Crippen molar-refractivity contribution in [2.45, 2.75) is 38.5 Å². The van der Waals surface area contributed by atoms with Gasteiger partial charge >= 0.3 is 0 Å². The van der Waals surface area contributed by atoms with Gasteiger partial charge in [0.15, 0.2) is 0 Å². The highest BCUT2D eigenvalue weighted by atomic mass is 16.2. The summed E-state index contributed by atoms with van der Waals surface area (Å²) in [6.07, 6.45) is 6.11. The van der Waals surface area contributed by atoms with Gasteiger partial charge in [-0.3, -0.25) is 14.5 Å². The molecule has 1 saturated carbocycles. The van der Waals surface area contributed by atoms with Crippen molar-refractivity contribution in [1.29, 1.82) is 0 Å². The molecule has 3 aliphatic rings. The number of piperazine rings is 1. The van der Waals surface area contributed by atoms with Crippen LogP contribution in [0, 0.1) is 12.8 Å². The number of piperidine rings is 1. The normalized spacial score (nSPS) is 24.1. The first-order chi connectivity index (χ1) is 13.1. The summed E-state index contributed by atoms with van der Waals surface area (Å²) in [5.41, 5.74) is 1.09. The average molecular weight is 371 g/mol. The summed E-state index contributed by atoms with van der Waals surface area (Å²) >= 11 is 0. The fraction of sp³-hybridized carbons (Fsp3) is 0.700. The average Bonchev–Trinajstić information content (AvgIpc) is 3.53. The molecule has 2 saturated heterocycles. The van der Waals surface area contributed by atoms with Crippen molar-refractivity contribution < 1.29 is 9.59 Å². The van der Waals surface area contributed by atoms with Crippen LogP contribution in [0.25, 0.3) is 0 Å². The van der Waals surface area contributed by atoms with Crippen molar-refractivity contribution in [1.82, 2.24) is 24.7 Å². The largest absolute Gasteiger partial charge is 0.339 e. The molecule has 1 aromatic heterocycles. The summed E-state index contributed by atoms with van der Waals surface area (Å²) < 4.78 is 0. The Bertz CT molecular complexity index is 697. The van der Waals surface area contributed by atoms with Crippen molar-refractivity contribution >= 4 is 11.8 Å². The summed E-state index contributed by atoms with van der Waals surface area (Å²) in [7, 11) is 0. The fourth-order valence-corrected chi connectivity index (χ4v) is 4.20. The Morgan fingerprint density at radius 3 is 2.52 bits per heavy atom. The molecule has 146 valence electrons. The Morgan fingerprint density at radius 1 is 1.07 bits per heavy atom. The molecule has 0 bridgehead atoms. The van der Waals surface area contributed by atoms with Gasteiger partial charge in [0.05, 0.1) is 6.54 Å². The molecule has 0 radical (unpaired) electrons. The molecule has 27 heavy (non-hydrogen) atoms. The molecule has 4 rings (SSSR count). The van der Waals surface area contributed by atoms with Crippen LogP contribution in [-0.4, -0.2) is 82.3 Å². The lowest BCUT2D eigenvalue weighted by atomic mass is 9.94. The summed E-state index contributed by atoms with van der Waals surface area (Å²) in [6.45, 7) is 6.93. The third-order valence-corrected chi connectivity index (χ3v) is 5.95.